The Balaban J connectivity index is 1.87. The summed E-state index contributed by atoms with van der Waals surface area (Å²) in [6.45, 7) is 4.61. The molecule has 1 fully saturated rings. The van der Waals surface area contributed by atoms with Gasteiger partial charge in [0.2, 0.25) is 5.89 Å². The Morgan fingerprint density at radius 3 is 2.91 bits per heavy atom. The summed E-state index contributed by atoms with van der Waals surface area (Å²) < 4.78 is 7.08. The molecule has 22 heavy (non-hydrogen) atoms. The van der Waals surface area contributed by atoms with Crippen LogP contribution in [0.5, 0.6) is 0 Å². The highest BCUT2D eigenvalue weighted by atomic mass is 16.5. The fourth-order valence-electron chi connectivity index (χ4n) is 2.79. The average Bonchev–Trinajstić information content (AvgIpc) is 3.14. The lowest BCUT2D eigenvalue weighted by atomic mass is 10.0. The fourth-order valence-corrected chi connectivity index (χ4v) is 2.79. The summed E-state index contributed by atoms with van der Waals surface area (Å²) in [7, 11) is 1.84. The lowest BCUT2D eigenvalue weighted by Gasteiger charge is -2.32. The van der Waals surface area contributed by atoms with Crippen molar-refractivity contribution >= 4 is 5.91 Å². The Hall–Kier alpha value is -2.18. The zero-order valence-electron chi connectivity index (χ0n) is 13.2. The van der Waals surface area contributed by atoms with Crippen molar-refractivity contribution in [1.29, 1.82) is 0 Å². The van der Waals surface area contributed by atoms with E-state index in [-0.39, 0.29) is 11.9 Å². The molecule has 0 N–H and O–H groups in total. The second-order valence-corrected chi connectivity index (χ2v) is 5.71. The molecular formula is C15H21N5O2. The number of amides is 1. The number of hydrogen-bond donors (Lipinski definition) is 0. The normalized spacial score (nSPS) is 18.7. The zero-order valence-corrected chi connectivity index (χ0v) is 13.2. The van der Waals surface area contributed by atoms with Crippen LogP contribution in [-0.4, -0.2) is 37.3 Å². The number of likely N-dealkylation sites (tertiary alicyclic amines) is 1. The number of aryl methyl sites for hydroxylation is 3. The van der Waals surface area contributed by atoms with Crippen LogP contribution in [0.4, 0.5) is 0 Å². The number of piperidine rings is 1. The molecule has 0 unspecified atom stereocenters. The van der Waals surface area contributed by atoms with Gasteiger partial charge in [-0.1, -0.05) is 12.1 Å². The molecule has 118 valence electrons. The van der Waals surface area contributed by atoms with E-state index < -0.39 is 0 Å². The Labute approximate surface area is 129 Å². The van der Waals surface area contributed by atoms with Crippen molar-refractivity contribution in [3.63, 3.8) is 0 Å². The van der Waals surface area contributed by atoms with Crippen molar-refractivity contribution in [3.05, 3.63) is 29.2 Å². The number of aromatic nitrogens is 4. The van der Waals surface area contributed by atoms with Crippen molar-refractivity contribution in [1.82, 2.24) is 24.8 Å². The van der Waals surface area contributed by atoms with Gasteiger partial charge >= 0.3 is 0 Å². The summed E-state index contributed by atoms with van der Waals surface area (Å²) in [4.78, 5) is 19.0. The summed E-state index contributed by atoms with van der Waals surface area (Å²) >= 11 is 0. The summed E-state index contributed by atoms with van der Waals surface area (Å²) in [6.07, 6.45) is 3.62. The standard InChI is InChI=1S/C15H21N5O2/c1-4-13-16-14(22-18-13)12-7-5-6-8-20(12)15(21)11-9-10(2)19(3)17-11/h9,12H,4-8H2,1-3H3/t12-/m1/s1. The molecule has 0 aliphatic carbocycles. The molecular weight excluding hydrogens is 282 g/mol. The second-order valence-electron chi connectivity index (χ2n) is 5.71. The van der Waals surface area contributed by atoms with E-state index in [0.717, 1.165) is 31.4 Å². The molecule has 2 aromatic rings. The van der Waals surface area contributed by atoms with Crippen LogP contribution in [-0.2, 0) is 13.5 Å². The van der Waals surface area contributed by atoms with Gasteiger partial charge in [-0.15, -0.1) is 0 Å². The molecule has 1 aliphatic heterocycles. The maximum absolute atomic E-state index is 12.8. The Kier molecular flexibility index (Phi) is 3.96. The van der Waals surface area contributed by atoms with Crippen molar-refractivity contribution in [2.45, 2.75) is 45.6 Å². The third kappa shape index (κ3) is 2.63. The maximum Gasteiger partial charge on any atom is 0.275 e. The quantitative estimate of drug-likeness (QED) is 0.867. The minimum atomic E-state index is -0.142. The van der Waals surface area contributed by atoms with Gasteiger partial charge in [-0.05, 0) is 32.3 Å². The number of rotatable bonds is 3. The summed E-state index contributed by atoms with van der Waals surface area (Å²) in [5.74, 6) is 1.16. The van der Waals surface area contributed by atoms with Crippen LogP contribution in [0.1, 0.15) is 60.1 Å². The molecule has 0 saturated carbocycles. The average molecular weight is 303 g/mol. The van der Waals surface area contributed by atoms with Crippen molar-refractivity contribution < 1.29 is 9.32 Å². The number of nitrogens with zero attached hydrogens (tertiary/aromatic N) is 5. The third-order valence-corrected chi connectivity index (χ3v) is 4.18. The van der Waals surface area contributed by atoms with E-state index in [4.69, 9.17) is 4.52 Å². The first-order chi connectivity index (χ1) is 10.6. The molecule has 0 radical (unpaired) electrons. The van der Waals surface area contributed by atoms with E-state index in [1.807, 2.05) is 31.9 Å². The lowest BCUT2D eigenvalue weighted by Crippen LogP contribution is -2.39. The van der Waals surface area contributed by atoms with Gasteiger partial charge in [-0.3, -0.25) is 9.48 Å². The largest absolute Gasteiger partial charge is 0.337 e. The predicted molar refractivity (Wildman–Crippen MR) is 79.2 cm³/mol. The molecule has 3 heterocycles. The van der Waals surface area contributed by atoms with Gasteiger partial charge in [0, 0.05) is 25.7 Å². The highest BCUT2D eigenvalue weighted by Crippen LogP contribution is 2.31. The Morgan fingerprint density at radius 2 is 2.27 bits per heavy atom. The van der Waals surface area contributed by atoms with Crippen molar-refractivity contribution in [2.24, 2.45) is 7.05 Å². The number of carbonyl (C=O) groups is 1. The maximum atomic E-state index is 12.8. The Morgan fingerprint density at radius 1 is 1.45 bits per heavy atom. The van der Waals surface area contributed by atoms with Crippen LogP contribution in [0.2, 0.25) is 0 Å². The summed E-state index contributed by atoms with van der Waals surface area (Å²) in [5.41, 5.74) is 1.44. The summed E-state index contributed by atoms with van der Waals surface area (Å²) in [5, 5.41) is 8.24. The number of hydrogen-bond acceptors (Lipinski definition) is 5. The smallest absolute Gasteiger partial charge is 0.275 e. The molecule has 1 aliphatic rings. The molecule has 0 bridgehead atoms. The van der Waals surface area contributed by atoms with Gasteiger partial charge in [0.15, 0.2) is 11.5 Å². The minimum absolute atomic E-state index is 0.0651. The lowest BCUT2D eigenvalue weighted by molar-refractivity contribution is 0.0554. The third-order valence-electron chi connectivity index (χ3n) is 4.18. The fraction of sp³-hybridized carbons (Fsp3) is 0.600. The number of carbonyl (C=O) groups excluding carboxylic acids is 1. The van der Waals surface area contributed by atoms with Gasteiger partial charge in [0.25, 0.3) is 5.91 Å². The molecule has 1 saturated heterocycles. The first-order valence-electron chi connectivity index (χ1n) is 7.74. The van der Waals surface area contributed by atoms with E-state index in [1.165, 1.54) is 0 Å². The SMILES string of the molecule is CCc1noc([C@H]2CCCCN2C(=O)c2cc(C)n(C)n2)n1. The second kappa shape index (κ2) is 5.90. The van der Waals surface area contributed by atoms with Gasteiger partial charge in [-0.25, -0.2) is 0 Å². The van der Waals surface area contributed by atoms with Crippen LogP contribution >= 0.6 is 0 Å². The van der Waals surface area contributed by atoms with E-state index >= 15 is 0 Å². The van der Waals surface area contributed by atoms with Crippen LogP contribution in [0.15, 0.2) is 10.6 Å². The van der Waals surface area contributed by atoms with E-state index in [2.05, 4.69) is 15.2 Å². The molecule has 0 spiro atoms. The predicted octanol–water partition coefficient (Wildman–Crippen LogP) is 2.04. The first-order valence-corrected chi connectivity index (χ1v) is 7.74. The van der Waals surface area contributed by atoms with Gasteiger partial charge in [0.1, 0.15) is 6.04 Å². The highest BCUT2D eigenvalue weighted by molar-refractivity contribution is 5.92. The van der Waals surface area contributed by atoms with E-state index in [0.29, 0.717) is 24.0 Å². The van der Waals surface area contributed by atoms with Crippen molar-refractivity contribution in [3.8, 4) is 0 Å². The highest BCUT2D eigenvalue weighted by Gasteiger charge is 2.33. The molecule has 1 amide bonds. The van der Waals surface area contributed by atoms with Gasteiger partial charge < -0.3 is 9.42 Å². The molecule has 7 nitrogen and oxygen atoms in total. The monoisotopic (exact) mass is 303 g/mol. The van der Waals surface area contributed by atoms with E-state index in [1.54, 1.807) is 4.68 Å². The van der Waals surface area contributed by atoms with Crippen LogP contribution in [0.3, 0.4) is 0 Å². The zero-order chi connectivity index (χ0) is 15.7. The van der Waals surface area contributed by atoms with Gasteiger partial charge in [0.05, 0.1) is 0 Å². The van der Waals surface area contributed by atoms with Crippen LogP contribution < -0.4 is 0 Å². The van der Waals surface area contributed by atoms with E-state index in [9.17, 15) is 4.79 Å². The molecule has 3 rings (SSSR count). The molecule has 2 aromatic heterocycles. The first kappa shape index (κ1) is 14.7. The van der Waals surface area contributed by atoms with Crippen LogP contribution in [0.25, 0.3) is 0 Å². The topological polar surface area (TPSA) is 77.0 Å². The molecule has 0 aromatic carbocycles. The van der Waals surface area contributed by atoms with Crippen LogP contribution in [0, 0.1) is 6.92 Å². The van der Waals surface area contributed by atoms with Gasteiger partial charge in [-0.2, -0.15) is 10.1 Å². The van der Waals surface area contributed by atoms with Crippen molar-refractivity contribution in [2.75, 3.05) is 6.54 Å². The molecule has 1 atom stereocenters. The summed E-state index contributed by atoms with van der Waals surface area (Å²) in [6, 6.07) is 1.68. The minimum Gasteiger partial charge on any atom is -0.337 e. The Bertz CT molecular complexity index is 656. The molecule has 7 heteroatoms.